The molecule has 0 radical (unpaired) electrons. The average molecular weight is 248 g/mol. The molecule has 18 heavy (non-hydrogen) atoms. The number of para-hydroxylation sites is 1. The first-order valence-corrected chi connectivity index (χ1v) is 5.35. The summed E-state index contributed by atoms with van der Waals surface area (Å²) in [5, 5.41) is 21.6. The number of hydrogen-bond acceptors (Lipinski definition) is 6. The van der Waals surface area contributed by atoms with Crippen LogP contribution in [0.4, 0.5) is 5.69 Å². The summed E-state index contributed by atoms with van der Waals surface area (Å²) in [5.74, 6) is 0.555. The molecule has 0 saturated heterocycles. The Kier molecular flexibility index (Phi) is 3.33. The minimum Gasteiger partial charge on any atom is -0.419 e. The minimum atomic E-state index is -0.438. The third-order valence-electron chi connectivity index (χ3n) is 2.45. The van der Waals surface area contributed by atoms with E-state index in [-0.39, 0.29) is 11.6 Å². The first kappa shape index (κ1) is 12.2. The van der Waals surface area contributed by atoms with Gasteiger partial charge in [0.1, 0.15) is 5.56 Å². The molecule has 0 saturated carbocycles. The van der Waals surface area contributed by atoms with Crippen molar-refractivity contribution in [3.05, 3.63) is 39.8 Å². The maximum atomic E-state index is 11.1. The van der Waals surface area contributed by atoms with Crippen LogP contribution in [-0.4, -0.2) is 22.2 Å². The van der Waals surface area contributed by atoms with Gasteiger partial charge >= 0.3 is 0 Å². The highest BCUT2D eigenvalue weighted by molar-refractivity contribution is 5.69. The van der Waals surface area contributed by atoms with Gasteiger partial charge in [-0.05, 0) is 20.0 Å². The van der Waals surface area contributed by atoms with Crippen molar-refractivity contribution in [3.8, 4) is 11.5 Å². The lowest BCUT2D eigenvalue weighted by Gasteiger charge is -2.00. The van der Waals surface area contributed by atoms with Gasteiger partial charge < -0.3 is 9.73 Å². The molecule has 94 valence electrons. The van der Waals surface area contributed by atoms with Crippen molar-refractivity contribution in [3.63, 3.8) is 0 Å². The highest BCUT2D eigenvalue weighted by atomic mass is 16.6. The molecule has 0 aliphatic rings. The van der Waals surface area contributed by atoms with Gasteiger partial charge in [0.05, 0.1) is 11.5 Å². The van der Waals surface area contributed by atoms with Crippen LogP contribution in [0, 0.1) is 17.0 Å². The number of nitrogens with zero attached hydrogens (tertiary/aromatic N) is 3. The van der Waals surface area contributed by atoms with E-state index in [0.29, 0.717) is 23.6 Å². The molecular weight excluding hydrogens is 236 g/mol. The van der Waals surface area contributed by atoms with Gasteiger partial charge in [-0.3, -0.25) is 10.1 Å². The number of rotatable bonds is 4. The van der Waals surface area contributed by atoms with Gasteiger partial charge in [-0.25, -0.2) is 0 Å². The van der Waals surface area contributed by atoms with Crippen molar-refractivity contribution in [2.75, 3.05) is 7.05 Å². The van der Waals surface area contributed by atoms with Crippen molar-refractivity contribution >= 4 is 5.69 Å². The second kappa shape index (κ2) is 4.92. The zero-order chi connectivity index (χ0) is 13.1. The zero-order valence-electron chi connectivity index (χ0n) is 10.0. The molecular formula is C11H12N4O3. The van der Waals surface area contributed by atoms with Crippen molar-refractivity contribution < 1.29 is 9.34 Å². The summed E-state index contributed by atoms with van der Waals surface area (Å²) in [6, 6.07) is 4.99. The number of aryl methyl sites for hydroxylation is 1. The number of nitro benzene ring substituents is 1. The van der Waals surface area contributed by atoms with Crippen molar-refractivity contribution in [2.24, 2.45) is 0 Å². The molecule has 1 aromatic heterocycles. The molecule has 0 fully saturated rings. The molecule has 0 bridgehead atoms. The molecule has 7 heteroatoms. The molecule has 1 aromatic carbocycles. The second-order valence-electron chi connectivity index (χ2n) is 3.76. The van der Waals surface area contributed by atoms with Crippen molar-refractivity contribution in [1.29, 1.82) is 0 Å². The third kappa shape index (κ3) is 2.21. The topological polar surface area (TPSA) is 94.1 Å². The van der Waals surface area contributed by atoms with Gasteiger partial charge in [-0.1, -0.05) is 12.1 Å². The molecule has 7 nitrogen and oxygen atoms in total. The fourth-order valence-corrected chi connectivity index (χ4v) is 1.66. The molecule has 0 amide bonds. The number of benzene rings is 1. The summed E-state index contributed by atoms with van der Waals surface area (Å²) < 4.78 is 5.37. The van der Waals surface area contributed by atoms with E-state index in [9.17, 15) is 10.1 Å². The lowest BCUT2D eigenvalue weighted by molar-refractivity contribution is -0.384. The van der Waals surface area contributed by atoms with Gasteiger partial charge in [0, 0.05) is 5.56 Å². The van der Waals surface area contributed by atoms with E-state index >= 15 is 0 Å². The van der Waals surface area contributed by atoms with Gasteiger partial charge in [-0.15, -0.1) is 10.2 Å². The average Bonchev–Trinajstić information content (AvgIpc) is 2.77. The Morgan fingerprint density at radius 2 is 2.22 bits per heavy atom. The molecule has 1 heterocycles. The number of nitro groups is 1. The maximum absolute atomic E-state index is 11.1. The Morgan fingerprint density at radius 1 is 1.44 bits per heavy atom. The quantitative estimate of drug-likeness (QED) is 0.653. The predicted octanol–water partition coefficient (Wildman–Crippen LogP) is 1.67. The standard InChI is InChI=1S/C11H12N4O3/c1-7-4-3-5-8(10(7)15(16)17)11-14-13-9(18-11)6-12-2/h3-5,12H,6H2,1-2H3. The summed E-state index contributed by atoms with van der Waals surface area (Å²) in [4.78, 5) is 10.6. The molecule has 1 N–H and O–H groups in total. The van der Waals surface area contributed by atoms with Crippen LogP contribution in [0.5, 0.6) is 0 Å². The van der Waals surface area contributed by atoms with Gasteiger partial charge in [0.25, 0.3) is 11.6 Å². The highest BCUT2D eigenvalue weighted by Gasteiger charge is 2.22. The van der Waals surface area contributed by atoms with Crippen LogP contribution < -0.4 is 5.32 Å². The van der Waals surface area contributed by atoms with Crippen molar-refractivity contribution in [1.82, 2.24) is 15.5 Å². The minimum absolute atomic E-state index is 0.00263. The number of nitrogens with one attached hydrogen (secondary N) is 1. The summed E-state index contributed by atoms with van der Waals surface area (Å²) in [5.41, 5.74) is 0.901. The highest BCUT2D eigenvalue weighted by Crippen LogP contribution is 2.31. The molecule has 0 unspecified atom stereocenters. The summed E-state index contributed by atoms with van der Waals surface area (Å²) >= 11 is 0. The third-order valence-corrected chi connectivity index (χ3v) is 2.45. The SMILES string of the molecule is CNCc1nnc(-c2cccc(C)c2[N+](=O)[O-])o1. The molecule has 2 rings (SSSR count). The van der Waals surface area contributed by atoms with Crippen LogP contribution in [0.25, 0.3) is 11.5 Å². The molecule has 0 atom stereocenters. The summed E-state index contributed by atoms with van der Waals surface area (Å²) in [6.07, 6.45) is 0. The summed E-state index contributed by atoms with van der Waals surface area (Å²) in [6.45, 7) is 2.10. The van der Waals surface area contributed by atoms with E-state index in [4.69, 9.17) is 4.42 Å². The van der Waals surface area contributed by atoms with Gasteiger partial charge in [0.2, 0.25) is 5.89 Å². The lowest BCUT2D eigenvalue weighted by atomic mass is 10.1. The van der Waals surface area contributed by atoms with Crippen LogP contribution >= 0.6 is 0 Å². The largest absolute Gasteiger partial charge is 0.419 e. The maximum Gasteiger partial charge on any atom is 0.284 e. The first-order valence-electron chi connectivity index (χ1n) is 5.35. The van der Waals surface area contributed by atoms with E-state index in [2.05, 4.69) is 15.5 Å². The Morgan fingerprint density at radius 3 is 2.89 bits per heavy atom. The summed E-state index contributed by atoms with van der Waals surface area (Å²) in [7, 11) is 1.75. The Bertz CT molecular complexity index is 579. The van der Waals surface area contributed by atoms with Gasteiger partial charge in [-0.2, -0.15) is 0 Å². The normalized spacial score (nSPS) is 10.6. The van der Waals surface area contributed by atoms with Crippen LogP contribution in [0.15, 0.2) is 22.6 Å². The fraction of sp³-hybridized carbons (Fsp3) is 0.273. The molecule has 2 aromatic rings. The van der Waals surface area contributed by atoms with E-state index < -0.39 is 4.92 Å². The lowest BCUT2D eigenvalue weighted by Crippen LogP contribution is -2.04. The fourth-order valence-electron chi connectivity index (χ4n) is 1.66. The van der Waals surface area contributed by atoms with Crippen LogP contribution in [0.1, 0.15) is 11.5 Å². The number of aromatic nitrogens is 2. The molecule has 0 aliphatic carbocycles. The molecule has 0 aliphatic heterocycles. The van der Waals surface area contributed by atoms with E-state index in [0.717, 1.165) is 0 Å². The zero-order valence-corrected chi connectivity index (χ0v) is 10.0. The predicted molar refractivity (Wildman–Crippen MR) is 63.9 cm³/mol. The van der Waals surface area contributed by atoms with E-state index in [1.54, 1.807) is 32.2 Å². The monoisotopic (exact) mass is 248 g/mol. The first-order chi connectivity index (χ1) is 8.63. The van der Waals surface area contributed by atoms with Crippen LogP contribution in [0.3, 0.4) is 0 Å². The Hall–Kier alpha value is -2.28. The van der Waals surface area contributed by atoms with E-state index in [1.165, 1.54) is 0 Å². The smallest absolute Gasteiger partial charge is 0.284 e. The van der Waals surface area contributed by atoms with E-state index in [1.807, 2.05) is 0 Å². The Balaban J connectivity index is 2.49. The van der Waals surface area contributed by atoms with Crippen LogP contribution in [0.2, 0.25) is 0 Å². The van der Waals surface area contributed by atoms with Crippen LogP contribution in [-0.2, 0) is 6.54 Å². The van der Waals surface area contributed by atoms with Crippen molar-refractivity contribution in [2.45, 2.75) is 13.5 Å². The Labute approximate surface area is 103 Å². The second-order valence-corrected chi connectivity index (χ2v) is 3.76. The number of hydrogen-bond donors (Lipinski definition) is 1. The van der Waals surface area contributed by atoms with Gasteiger partial charge in [0.15, 0.2) is 0 Å². The molecule has 0 spiro atoms.